The molecular weight excluding hydrogens is 286 g/mol. The Hall–Kier alpha value is -1.98. The molecule has 0 aromatic heterocycles. The van der Waals surface area contributed by atoms with E-state index in [1.165, 1.54) is 19.1 Å². The molecule has 2 aromatic rings. The van der Waals surface area contributed by atoms with Crippen LogP contribution in [0.4, 0.5) is 0 Å². The zero-order valence-corrected chi connectivity index (χ0v) is 13.1. The monoisotopic (exact) mass is 307 g/mol. The standard InChI is InChI=1S/C8H11NO.C8H8O2.H2S/c2*1-6(9)7-3-2-4-8(10)5-7;/h2-6,10H,9H2,1H3;2-5,10H,1H3;1H2/t6-;;/m0../s1. The van der Waals surface area contributed by atoms with Gasteiger partial charge in [0.1, 0.15) is 11.5 Å². The lowest BCUT2D eigenvalue weighted by Gasteiger charge is -2.03. The van der Waals surface area contributed by atoms with Crippen LogP contribution in [0, 0.1) is 0 Å². The third-order valence-corrected chi connectivity index (χ3v) is 2.65. The van der Waals surface area contributed by atoms with E-state index in [4.69, 9.17) is 15.9 Å². The van der Waals surface area contributed by atoms with Crippen LogP contribution in [0.1, 0.15) is 35.8 Å². The average Bonchev–Trinajstić information content (AvgIpc) is 2.39. The number of carbonyl (C=O) groups is 1. The van der Waals surface area contributed by atoms with E-state index in [2.05, 4.69) is 0 Å². The van der Waals surface area contributed by atoms with Crippen LogP contribution < -0.4 is 5.73 Å². The van der Waals surface area contributed by atoms with Crippen molar-refractivity contribution in [2.75, 3.05) is 0 Å². The fourth-order valence-electron chi connectivity index (χ4n) is 1.53. The number of benzene rings is 2. The van der Waals surface area contributed by atoms with E-state index in [1.54, 1.807) is 30.3 Å². The largest absolute Gasteiger partial charge is 0.508 e. The molecule has 114 valence electrons. The molecule has 0 fully saturated rings. The molecule has 2 rings (SSSR count). The highest BCUT2D eigenvalue weighted by Crippen LogP contribution is 2.15. The number of carbonyl (C=O) groups excluding carboxylic acids is 1. The van der Waals surface area contributed by atoms with Crippen LogP contribution in [0.15, 0.2) is 48.5 Å². The molecule has 5 heteroatoms. The van der Waals surface area contributed by atoms with Gasteiger partial charge in [-0.3, -0.25) is 4.79 Å². The molecule has 0 saturated heterocycles. The summed E-state index contributed by atoms with van der Waals surface area (Å²) in [4.78, 5) is 10.7. The molecule has 0 unspecified atom stereocenters. The molecule has 0 aliphatic carbocycles. The molecule has 2 aromatic carbocycles. The zero-order valence-electron chi connectivity index (χ0n) is 12.1. The second kappa shape index (κ2) is 9.05. The normalized spacial score (nSPS) is 10.6. The molecule has 0 radical (unpaired) electrons. The second-order valence-electron chi connectivity index (χ2n) is 4.49. The molecule has 0 aliphatic heterocycles. The summed E-state index contributed by atoms with van der Waals surface area (Å²) in [7, 11) is 0. The number of ketones is 1. The Bertz CT molecular complexity index is 585. The highest BCUT2D eigenvalue weighted by molar-refractivity contribution is 7.59. The van der Waals surface area contributed by atoms with Gasteiger partial charge in [0, 0.05) is 11.6 Å². The number of phenols is 2. The first-order valence-electron chi connectivity index (χ1n) is 6.24. The summed E-state index contributed by atoms with van der Waals surface area (Å²) in [5.74, 6) is 0.374. The Labute approximate surface area is 131 Å². The number of hydrogen-bond donors (Lipinski definition) is 3. The summed E-state index contributed by atoms with van der Waals surface area (Å²) < 4.78 is 0. The molecule has 21 heavy (non-hydrogen) atoms. The minimum Gasteiger partial charge on any atom is -0.508 e. The predicted octanol–water partition coefficient (Wildman–Crippen LogP) is 3.12. The van der Waals surface area contributed by atoms with E-state index in [-0.39, 0.29) is 36.8 Å². The van der Waals surface area contributed by atoms with E-state index < -0.39 is 0 Å². The van der Waals surface area contributed by atoms with Crippen LogP contribution >= 0.6 is 13.5 Å². The number of rotatable bonds is 2. The van der Waals surface area contributed by atoms with E-state index in [0.717, 1.165) is 5.56 Å². The minimum absolute atomic E-state index is 0. The van der Waals surface area contributed by atoms with Gasteiger partial charge in [0.15, 0.2) is 5.78 Å². The van der Waals surface area contributed by atoms with Crippen molar-refractivity contribution in [1.29, 1.82) is 0 Å². The molecule has 0 aliphatic rings. The van der Waals surface area contributed by atoms with E-state index in [9.17, 15) is 4.79 Å². The summed E-state index contributed by atoms with van der Waals surface area (Å²) in [5.41, 5.74) is 7.07. The van der Waals surface area contributed by atoms with Crippen molar-refractivity contribution in [2.24, 2.45) is 5.73 Å². The minimum atomic E-state index is -0.0316. The van der Waals surface area contributed by atoms with Crippen molar-refractivity contribution in [3.8, 4) is 11.5 Å². The number of Topliss-reactive ketones (excluding diaryl/α,β-unsaturated/α-hetero) is 1. The summed E-state index contributed by atoms with van der Waals surface area (Å²) in [6.45, 7) is 3.35. The van der Waals surface area contributed by atoms with E-state index >= 15 is 0 Å². The van der Waals surface area contributed by atoms with Crippen LogP contribution in [0.2, 0.25) is 0 Å². The van der Waals surface area contributed by atoms with Crippen molar-refractivity contribution < 1.29 is 15.0 Å². The SMILES string of the molecule is CC(=O)c1cccc(O)c1.C[C@H](N)c1cccc(O)c1.S. The molecule has 0 bridgehead atoms. The smallest absolute Gasteiger partial charge is 0.159 e. The zero-order chi connectivity index (χ0) is 15.1. The van der Waals surface area contributed by atoms with Crippen LogP contribution in [0.3, 0.4) is 0 Å². The molecule has 4 nitrogen and oxygen atoms in total. The van der Waals surface area contributed by atoms with E-state index in [1.807, 2.05) is 13.0 Å². The summed E-state index contributed by atoms with van der Waals surface area (Å²) >= 11 is 0. The van der Waals surface area contributed by atoms with Crippen molar-refractivity contribution >= 4 is 19.3 Å². The molecule has 0 saturated carbocycles. The third kappa shape index (κ3) is 6.83. The number of nitrogens with two attached hydrogens (primary N) is 1. The maximum absolute atomic E-state index is 10.7. The molecule has 0 amide bonds. The lowest BCUT2D eigenvalue weighted by molar-refractivity contribution is 0.101. The third-order valence-electron chi connectivity index (χ3n) is 2.65. The maximum Gasteiger partial charge on any atom is 0.159 e. The van der Waals surface area contributed by atoms with Crippen molar-refractivity contribution in [2.45, 2.75) is 19.9 Å². The van der Waals surface area contributed by atoms with Gasteiger partial charge in [-0.2, -0.15) is 13.5 Å². The Morgan fingerprint density at radius 3 is 1.90 bits per heavy atom. The number of aromatic hydroxyl groups is 2. The lowest BCUT2D eigenvalue weighted by atomic mass is 10.1. The van der Waals surface area contributed by atoms with Gasteiger partial charge in [0.05, 0.1) is 0 Å². The second-order valence-corrected chi connectivity index (χ2v) is 4.49. The highest BCUT2D eigenvalue weighted by Gasteiger charge is 1.98. The van der Waals surface area contributed by atoms with Crippen molar-refractivity contribution in [1.82, 2.24) is 0 Å². The Kier molecular flexibility index (Phi) is 8.19. The van der Waals surface area contributed by atoms with Gasteiger partial charge in [-0.25, -0.2) is 0 Å². The predicted molar refractivity (Wildman–Crippen MR) is 89.2 cm³/mol. The van der Waals surface area contributed by atoms with Gasteiger partial charge >= 0.3 is 0 Å². The molecule has 0 spiro atoms. The first-order chi connectivity index (χ1) is 9.40. The number of phenolic OH excluding ortho intramolecular Hbond substituents is 2. The quantitative estimate of drug-likeness (QED) is 0.744. The maximum atomic E-state index is 10.7. The fourth-order valence-corrected chi connectivity index (χ4v) is 1.53. The van der Waals surface area contributed by atoms with Crippen LogP contribution in [0.25, 0.3) is 0 Å². The fraction of sp³-hybridized carbons (Fsp3) is 0.188. The van der Waals surface area contributed by atoms with Gasteiger partial charge < -0.3 is 15.9 Å². The van der Waals surface area contributed by atoms with Gasteiger partial charge in [0.2, 0.25) is 0 Å². The Morgan fingerprint density at radius 1 is 1.05 bits per heavy atom. The molecule has 1 atom stereocenters. The Morgan fingerprint density at radius 2 is 1.57 bits per heavy atom. The Balaban J connectivity index is 0.000000364. The molecular formula is C16H21NO3S. The number of hydrogen-bond acceptors (Lipinski definition) is 4. The summed E-state index contributed by atoms with van der Waals surface area (Å²) in [5, 5.41) is 17.9. The summed E-state index contributed by atoms with van der Waals surface area (Å²) in [6.07, 6.45) is 0. The van der Waals surface area contributed by atoms with Gasteiger partial charge in [0.25, 0.3) is 0 Å². The lowest BCUT2D eigenvalue weighted by Crippen LogP contribution is -2.03. The van der Waals surface area contributed by atoms with Crippen LogP contribution in [0.5, 0.6) is 11.5 Å². The highest BCUT2D eigenvalue weighted by atomic mass is 32.1. The topological polar surface area (TPSA) is 83.5 Å². The van der Waals surface area contributed by atoms with Gasteiger partial charge in [-0.15, -0.1) is 0 Å². The van der Waals surface area contributed by atoms with Crippen LogP contribution in [-0.2, 0) is 0 Å². The first kappa shape index (κ1) is 19.0. The molecule has 4 N–H and O–H groups in total. The first-order valence-corrected chi connectivity index (χ1v) is 6.24. The van der Waals surface area contributed by atoms with Gasteiger partial charge in [-0.1, -0.05) is 24.3 Å². The van der Waals surface area contributed by atoms with Crippen LogP contribution in [-0.4, -0.2) is 16.0 Å². The van der Waals surface area contributed by atoms with Crippen molar-refractivity contribution in [3.05, 3.63) is 59.7 Å². The van der Waals surface area contributed by atoms with Crippen molar-refractivity contribution in [3.63, 3.8) is 0 Å². The average molecular weight is 307 g/mol. The van der Waals surface area contributed by atoms with E-state index in [0.29, 0.717) is 5.56 Å². The summed E-state index contributed by atoms with van der Waals surface area (Å²) in [6, 6.07) is 13.3. The molecule has 0 heterocycles. The van der Waals surface area contributed by atoms with Gasteiger partial charge in [-0.05, 0) is 43.7 Å².